The van der Waals surface area contributed by atoms with Crippen LogP contribution >= 0.6 is 0 Å². The maximum atomic E-state index is 3.78. The molecule has 0 bridgehead atoms. The number of likely N-dealkylation sites (tertiary alicyclic amines) is 1. The van der Waals surface area contributed by atoms with Crippen molar-refractivity contribution in [3.63, 3.8) is 0 Å². The lowest BCUT2D eigenvalue weighted by Gasteiger charge is -2.32. The Bertz CT molecular complexity index is 415. The second-order valence-corrected chi connectivity index (χ2v) is 6.16. The van der Waals surface area contributed by atoms with E-state index in [-0.39, 0.29) is 0 Å². The summed E-state index contributed by atoms with van der Waals surface area (Å²) in [6, 6.07) is 10.3. The first-order valence-electron chi connectivity index (χ1n) is 7.86. The van der Waals surface area contributed by atoms with Gasteiger partial charge in [0.15, 0.2) is 0 Å². The molecule has 1 saturated heterocycles. The van der Waals surface area contributed by atoms with Gasteiger partial charge in [-0.3, -0.25) is 0 Å². The molecule has 2 unspecified atom stereocenters. The third kappa shape index (κ3) is 3.01. The van der Waals surface area contributed by atoms with Crippen LogP contribution in [0.4, 0.5) is 0 Å². The molecule has 1 aromatic carbocycles. The number of nitrogens with one attached hydrogen (secondary N) is 1. The van der Waals surface area contributed by atoms with E-state index >= 15 is 0 Å². The van der Waals surface area contributed by atoms with Crippen molar-refractivity contribution in [2.24, 2.45) is 0 Å². The Balaban J connectivity index is 1.48. The van der Waals surface area contributed by atoms with Gasteiger partial charge in [0.2, 0.25) is 0 Å². The molecule has 2 nitrogen and oxygen atoms in total. The summed E-state index contributed by atoms with van der Waals surface area (Å²) in [6.45, 7) is 2.45. The van der Waals surface area contributed by atoms with Crippen molar-refractivity contribution in [3.8, 4) is 0 Å². The lowest BCUT2D eigenvalue weighted by molar-refractivity contribution is 0.174. The molecule has 1 N–H and O–H groups in total. The molecule has 2 heteroatoms. The van der Waals surface area contributed by atoms with Crippen LogP contribution in [0.15, 0.2) is 24.3 Å². The van der Waals surface area contributed by atoms with E-state index in [9.17, 15) is 0 Å². The summed E-state index contributed by atoms with van der Waals surface area (Å²) in [5.74, 6) is 0. The summed E-state index contributed by atoms with van der Waals surface area (Å²) >= 11 is 0. The number of piperidine rings is 1. The van der Waals surface area contributed by atoms with Gasteiger partial charge in [-0.05, 0) is 63.4 Å². The molecule has 0 saturated carbocycles. The molecule has 1 heterocycles. The molecule has 2 atom stereocenters. The molecule has 0 radical (unpaired) electrons. The predicted molar refractivity (Wildman–Crippen MR) is 80.4 cm³/mol. The molecule has 1 fully saturated rings. The quantitative estimate of drug-likeness (QED) is 0.892. The average molecular weight is 258 g/mol. The number of nitrogens with zero attached hydrogens (tertiary/aromatic N) is 1. The Morgan fingerprint density at radius 3 is 3.00 bits per heavy atom. The highest BCUT2D eigenvalue weighted by atomic mass is 15.1. The van der Waals surface area contributed by atoms with E-state index in [0.29, 0.717) is 6.04 Å². The first-order valence-corrected chi connectivity index (χ1v) is 7.86. The fourth-order valence-electron chi connectivity index (χ4n) is 3.70. The highest BCUT2D eigenvalue weighted by molar-refractivity contribution is 5.34. The van der Waals surface area contributed by atoms with E-state index in [0.717, 1.165) is 12.6 Å². The van der Waals surface area contributed by atoms with Crippen LogP contribution in [0.2, 0.25) is 0 Å². The number of benzene rings is 1. The largest absolute Gasteiger partial charge is 0.310 e. The lowest BCUT2D eigenvalue weighted by Crippen LogP contribution is -2.38. The number of hydrogen-bond acceptors (Lipinski definition) is 2. The van der Waals surface area contributed by atoms with Crippen molar-refractivity contribution in [1.82, 2.24) is 10.2 Å². The van der Waals surface area contributed by atoms with Crippen LogP contribution in [0, 0.1) is 0 Å². The van der Waals surface area contributed by atoms with Crippen molar-refractivity contribution in [3.05, 3.63) is 35.4 Å². The highest BCUT2D eigenvalue weighted by Gasteiger charge is 2.22. The number of rotatable bonds is 4. The second kappa shape index (κ2) is 6.06. The molecule has 0 aromatic heterocycles. The van der Waals surface area contributed by atoms with Crippen LogP contribution < -0.4 is 5.32 Å². The smallest absolute Gasteiger partial charge is 0.0326 e. The molecular formula is C17H26N2. The van der Waals surface area contributed by atoms with Gasteiger partial charge < -0.3 is 10.2 Å². The third-order valence-electron chi connectivity index (χ3n) is 4.92. The Morgan fingerprint density at radius 2 is 2.11 bits per heavy atom. The van der Waals surface area contributed by atoms with Crippen molar-refractivity contribution >= 4 is 0 Å². The van der Waals surface area contributed by atoms with Crippen molar-refractivity contribution in [1.29, 1.82) is 0 Å². The molecule has 0 spiro atoms. The Kier molecular flexibility index (Phi) is 4.19. The maximum Gasteiger partial charge on any atom is 0.0326 e. The van der Waals surface area contributed by atoms with Crippen LogP contribution in [0.3, 0.4) is 0 Å². The number of aryl methyl sites for hydroxylation is 1. The Hall–Kier alpha value is -0.860. The van der Waals surface area contributed by atoms with E-state index in [4.69, 9.17) is 0 Å². The second-order valence-electron chi connectivity index (χ2n) is 6.16. The lowest BCUT2D eigenvalue weighted by atomic mass is 10.00. The van der Waals surface area contributed by atoms with E-state index in [1.807, 2.05) is 0 Å². The van der Waals surface area contributed by atoms with Crippen molar-refractivity contribution in [2.45, 2.75) is 50.6 Å². The van der Waals surface area contributed by atoms with Gasteiger partial charge in [-0.2, -0.15) is 0 Å². The Labute approximate surface area is 117 Å². The van der Waals surface area contributed by atoms with Crippen molar-refractivity contribution in [2.75, 3.05) is 20.1 Å². The number of fused-ring (bicyclic) bond motifs is 1. The van der Waals surface area contributed by atoms with Gasteiger partial charge in [0, 0.05) is 12.1 Å². The highest BCUT2D eigenvalue weighted by Crippen LogP contribution is 2.30. The molecule has 1 aliphatic carbocycles. The van der Waals surface area contributed by atoms with Crippen LogP contribution in [0.1, 0.15) is 49.3 Å². The molecule has 0 amide bonds. The average Bonchev–Trinajstić information content (AvgIpc) is 2.85. The fraction of sp³-hybridized carbons (Fsp3) is 0.647. The number of hydrogen-bond donors (Lipinski definition) is 1. The van der Waals surface area contributed by atoms with Gasteiger partial charge in [0.1, 0.15) is 0 Å². The van der Waals surface area contributed by atoms with Gasteiger partial charge in [0.05, 0.1) is 0 Å². The van der Waals surface area contributed by atoms with Gasteiger partial charge in [-0.15, -0.1) is 0 Å². The Morgan fingerprint density at radius 1 is 1.21 bits per heavy atom. The standard InChI is InChI=1S/C17H26N2/c1-19-13-5-4-7-15(19)11-12-18-17-10-9-14-6-2-3-8-16(14)17/h2-3,6,8,15,17-18H,4-5,7,9-13H2,1H3. The van der Waals surface area contributed by atoms with Crippen LogP contribution in [0.5, 0.6) is 0 Å². The minimum Gasteiger partial charge on any atom is -0.310 e. The zero-order valence-electron chi connectivity index (χ0n) is 12.1. The minimum atomic E-state index is 0.602. The molecule has 3 rings (SSSR count). The molecule has 2 aliphatic rings. The van der Waals surface area contributed by atoms with Gasteiger partial charge in [-0.25, -0.2) is 0 Å². The van der Waals surface area contributed by atoms with Crippen LogP contribution in [-0.2, 0) is 6.42 Å². The zero-order chi connectivity index (χ0) is 13.1. The topological polar surface area (TPSA) is 15.3 Å². The predicted octanol–water partition coefficient (Wildman–Crippen LogP) is 3.14. The van der Waals surface area contributed by atoms with E-state index in [2.05, 4.69) is 41.5 Å². The normalized spacial score (nSPS) is 27.4. The molecule has 19 heavy (non-hydrogen) atoms. The summed E-state index contributed by atoms with van der Waals surface area (Å²) < 4.78 is 0. The van der Waals surface area contributed by atoms with E-state index in [1.165, 1.54) is 45.1 Å². The monoisotopic (exact) mass is 258 g/mol. The van der Waals surface area contributed by atoms with E-state index in [1.54, 1.807) is 11.1 Å². The summed E-state index contributed by atoms with van der Waals surface area (Å²) in [5.41, 5.74) is 3.09. The first kappa shape index (κ1) is 13.1. The van der Waals surface area contributed by atoms with Gasteiger partial charge >= 0.3 is 0 Å². The zero-order valence-corrected chi connectivity index (χ0v) is 12.1. The maximum absolute atomic E-state index is 3.78. The molecule has 1 aromatic rings. The van der Waals surface area contributed by atoms with Gasteiger partial charge in [-0.1, -0.05) is 30.7 Å². The van der Waals surface area contributed by atoms with Crippen LogP contribution in [-0.4, -0.2) is 31.1 Å². The minimum absolute atomic E-state index is 0.602. The fourth-order valence-corrected chi connectivity index (χ4v) is 3.70. The summed E-state index contributed by atoms with van der Waals surface area (Å²) in [5, 5.41) is 3.78. The van der Waals surface area contributed by atoms with Gasteiger partial charge in [0.25, 0.3) is 0 Å². The first-order chi connectivity index (χ1) is 9.34. The SMILES string of the molecule is CN1CCCCC1CCNC1CCc2ccccc21. The molecule has 104 valence electrons. The van der Waals surface area contributed by atoms with Crippen LogP contribution in [0.25, 0.3) is 0 Å². The van der Waals surface area contributed by atoms with Crippen molar-refractivity contribution < 1.29 is 0 Å². The molecule has 1 aliphatic heterocycles. The summed E-state index contributed by atoms with van der Waals surface area (Å²) in [6.07, 6.45) is 8.02. The van der Waals surface area contributed by atoms with E-state index < -0.39 is 0 Å². The summed E-state index contributed by atoms with van der Waals surface area (Å²) in [7, 11) is 2.29. The molecular weight excluding hydrogens is 232 g/mol. The summed E-state index contributed by atoms with van der Waals surface area (Å²) in [4.78, 5) is 2.55. The third-order valence-corrected chi connectivity index (χ3v) is 4.92.